The topological polar surface area (TPSA) is 87.0 Å². The molecular formula is C25H22F2N4O4. The molecule has 35 heavy (non-hydrogen) atoms. The number of nitrogens with zero attached hydrogens (tertiary/aromatic N) is 3. The van der Waals surface area contributed by atoms with E-state index in [4.69, 9.17) is 14.2 Å². The molecule has 10 heteroatoms. The number of benzene rings is 2. The number of fused-ring (bicyclic) bond motifs is 1. The fraction of sp³-hybridized carbons (Fsp3) is 0.240. The van der Waals surface area contributed by atoms with E-state index >= 15 is 0 Å². The summed E-state index contributed by atoms with van der Waals surface area (Å²) in [6.45, 7) is -2.76. The molecule has 0 bridgehead atoms. The molecule has 4 aromatic rings. The van der Waals surface area contributed by atoms with Crippen molar-refractivity contribution in [3.8, 4) is 28.6 Å². The number of halogens is 2. The third-order valence-electron chi connectivity index (χ3n) is 5.55. The minimum absolute atomic E-state index is 0.0365. The van der Waals surface area contributed by atoms with Gasteiger partial charge in [-0.2, -0.15) is 8.78 Å². The number of amides is 1. The van der Waals surface area contributed by atoms with Gasteiger partial charge in [-0.25, -0.2) is 9.97 Å². The van der Waals surface area contributed by atoms with Crippen molar-refractivity contribution in [3.05, 3.63) is 72.2 Å². The molecule has 0 spiro atoms. The van der Waals surface area contributed by atoms with Crippen molar-refractivity contribution in [2.24, 2.45) is 0 Å². The second-order valence-electron chi connectivity index (χ2n) is 8.05. The van der Waals surface area contributed by atoms with Gasteiger partial charge >= 0.3 is 6.61 Å². The fourth-order valence-electron chi connectivity index (χ4n) is 3.69. The van der Waals surface area contributed by atoms with E-state index in [-0.39, 0.29) is 23.1 Å². The average Bonchev–Trinajstić information content (AvgIpc) is 3.57. The van der Waals surface area contributed by atoms with Crippen LogP contribution in [0.15, 0.2) is 61.1 Å². The molecule has 8 nitrogen and oxygen atoms in total. The maximum atomic E-state index is 13.2. The van der Waals surface area contributed by atoms with Crippen LogP contribution in [0.2, 0.25) is 0 Å². The standard InChI is InChI=1S/C25H22F2N4O4/c1-33-19-9-16(10-20(35-25(26)27)23(19)24(32)30-17-7-8-17)18-12-28-21-11-22(29-14-31(18)21)34-13-15-5-3-2-4-6-15/h2-6,9-12,14,17,25H,7-8,13H2,1H3,(H,30,32). The number of carbonyl (C=O) groups is 1. The molecule has 1 amide bonds. The predicted octanol–water partition coefficient (Wildman–Crippen LogP) is 4.48. The zero-order valence-electron chi connectivity index (χ0n) is 18.8. The summed E-state index contributed by atoms with van der Waals surface area (Å²) in [5, 5.41) is 2.79. The third kappa shape index (κ3) is 5.01. The summed E-state index contributed by atoms with van der Waals surface area (Å²) < 4.78 is 44.0. The Morgan fingerprint density at radius 1 is 1.14 bits per heavy atom. The van der Waals surface area contributed by atoms with Crippen LogP contribution in [0, 0.1) is 0 Å². The molecule has 2 aromatic heterocycles. The fourth-order valence-corrected chi connectivity index (χ4v) is 3.69. The lowest BCUT2D eigenvalue weighted by atomic mass is 10.1. The molecule has 180 valence electrons. The first kappa shape index (κ1) is 22.6. The van der Waals surface area contributed by atoms with Crippen LogP contribution in [0.3, 0.4) is 0 Å². The zero-order chi connectivity index (χ0) is 24.4. The third-order valence-corrected chi connectivity index (χ3v) is 5.55. The van der Waals surface area contributed by atoms with E-state index < -0.39 is 12.5 Å². The van der Waals surface area contributed by atoms with E-state index in [0.29, 0.717) is 29.4 Å². The van der Waals surface area contributed by atoms with Crippen molar-refractivity contribution < 1.29 is 27.8 Å². The highest BCUT2D eigenvalue weighted by Gasteiger charge is 2.29. The molecule has 1 aliphatic rings. The Hall–Kier alpha value is -4.21. The van der Waals surface area contributed by atoms with Crippen LogP contribution in [0.5, 0.6) is 17.4 Å². The molecule has 0 unspecified atom stereocenters. The molecule has 1 saturated carbocycles. The zero-order valence-corrected chi connectivity index (χ0v) is 18.8. The van der Waals surface area contributed by atoms with E-state index in [2.05, 4.69) is 15.3 Å². The van der Waals surface area contributed by atoms with Crippen LogP contribution in [0.4, 0.5) is 8.78 Å². The van der Waals surface area contributed by atoms with Crippen molar-refractivity contribution in [2.45, 2.75) is 32.1 Å². The number of alkyl halides is 2. The number of imidazole rings is 1. The second kappa shape index (κ2) is 9.57. The van der Waals surface area contributed by atoms with Gasteiger partial charge in [0.05, 0.1) is 19.0 Å². The molecule has 0 atom stereocenters. The number of nitrogens with one attached hydrogen (secondary N) is 1. The molecule has 0 aliphatic heterocycles. The van der Waals surface area contributed by atoms with E-state index in [1.807, 2.05) is 30.3 Å². The summed E-state index contributed by atoms with van der Waals surface area (Å²) in [5.41, 5.74) is 2.49. The first-order valence-electron chi connectivity index (χ1n) is 11.0. The molecule has 1 fully saturated rings. The van der Waals surface area contributed by atoms with Gasteiger partial charge in [0.15, 0.2) is 0 Å². The highest BCUT2D eigenvalue weighted by molar-refractivity contribution is 6.01. The monoisotopic (exact) mass is 480 g/mol. The Labute approximate surface area is 199 Å². The SMILES string of the molecule is COc1cc(-c2cnc3cc(OCc4ccccc4)ncn23)cc(OC(F)F)c1C(=O)NC1CC1. The largest absolute Gasteiger partial charge is 0.496 e. The smallest absolute Gasteiger partial charge is 0.387 e. The first-order valence-corrected chi connectivity index (χ1v) is 11.0. The lowest BCUT2D eigenvalue weighted by molar-refractivity contribution is -0.0502. The van der Waals surface area contributed by atoms with Crippen molar-refractivity contribution in [1.82, 2.24) is 19.7 Å². The molecule has 0 saturated heterocycles. The first-order chi connectivity index (χ1) is 17.0. The highest BCUT2D eigenvalue weighted by atomic mass is 19.3. The van der Waals surface area contributed by atoms with Gasteiger partial charge in [-0.05, 0) is 30.5 Å². The van der Waals surface area contributed by atoms with E-state index in [1.165, 1.54) is 19.5 Å². The lowest BCUT2D eigenvalue weighted by Crippen LogP contribution is -2.26. The Balaban J connectivity index is 1.47. The van der Waals surface area contributed by atoms with Crippen molar-refractivity contribution in [3.63, 3.8) is 0 Å². The van der Waals surface area contributed by atoms with E-state index in [0.717, 1.165) is 18.4 Å². The lowest BCUT2D eigenvalue weighted by Gasteiger charge is -2.16. The Kier molecular flexibility index (Phi) is 6.17. The maximum Gasteiger partial charge on any atom is 0.387 e. The number of ether oxygens (including phenoxy) is 3. The van der Waals surface area contributed by atoms with Gasteiger partial charge in [0.25, 0.3) is 5.91 Å². The molecule has 5 rings (SSSR count). The molecule has 0 radical (unpaired) electrons. The second-order valence-corrected chi connectivity index (χ2v) is 8.05. The van der Waals surface area contributed by atoms with E-state index in [9.17, 15) is 13.6 Å². The summed E-state index contributed by atoms with van der Waals surface area (Å²) in [6, 6.07) is 14.4. The quantitative estimate of drug-likeness (QED) is 0.380. The number of methoxy groups -OCH3 is 1. The van der Waals surface area contributed by atoms with Crippen LogP contribution in [0.25, 0.3) is 16.9 Å². The van der Waals surface area contributed by atoms with Crippen molar-refractivity contribution in [1.29, 1.82) is 0 Å². The maximum absolute atomic E-state index is 13.2. The van der Waals surface area contributed by atoms with Crippen LogP contribution in [0.1, 0.15) is 28.8 Å². The summed E-state index contributed by atoms with van der Waals surface area (Å²) in [6.07, 6.45) is 4.81. The average molecular weight is 480 g/mol. The Bertz CT molecular complexity index is 1360. The van der Waals surface area contributed by atoms with Gasteiger partial charge in [-0.1, -0.05) is 30.3 Å². The summed E-state index contributed by atoms with van der Waals surface area (Å²) in [7, 11) is 1.37. The van der Waals surface area contributed by atoms with Gasteiger partial charge in [0, 0.05) is 17.7 Å². The highest BCUT2D eigenvalue weighted by Crippen LogP contribution is 2.37. The minimum Gasteiger partial charge on any atom is -0.496 e. The molecule has 1 aliphatic carbocycles. The van der Waals surface area contributed by atoms with Gasteiger partial charge in [-0.3, -0.25) is 9.20 Å². The summed E-state index contributed by atoms with van der Waals surface area (Å²) in [4.78, 5) is 21.5. The number of hydrogen-bond donors (Lipinski definition) is 1. The predicted molar refractivity (Wildman–Crippen MR) is 123 cm³/mol. The van der Waals surface area contributed by atoms with Gasteiger partial charge in [-0.15, -0.1) is 0 Å². The van der Waals surface area contributed by atoms with E-state index in [1.54, 1.807) is 22.7 Å². The summed E-state index contributed by atoms with van der Waals surface area (Å²) >= 11 is 0. The van der Waals surface area contributed by atoms with Gasteiger partial charge in [0.2, 0.25) is 5.88 Å². The molecular weight excluding hydrogens is 458 g/mol. The Morgan fingerprint density at radius 2 is 1.91 bits per heavy atom. The van der Waals surface area contributed by atoms with Crippen LogP contribution >= 0.6 is 0 Å². The molecule has 1 N–H and O–H groups in total. The minimum atomic E-state index is -3.12. The van der Waals surface area contributed by atoms with Crippen molar-refractivity contribution in [2.75, 3.05) is 7.11 Å². The van der Waals surface area contributed by atoms with Crippen molar-refractivity contribution >= 4 is 11.6 Å². The Morgan fingerprint density at radius 3 is 2.63 bits per heavy atom. The number of aromatic nitrogens is 3. The van der Waals surface area contributed by atoms with Gasteiger partial charge < -0.3 is 19.5 Å². The summed E-state index contributed by atoms with van der Waals surface area (Å²) in [5.74, 6) is -0.295. The van der Waals surface area contributed by atoms with Crippen LogP contribution in [-0.4, -0.2) is 40.0 Å². The number of rotatable bonds is 9. The normalized spacial score (nSPS) is 13.1. The van der Waals surface area contributed by atoms with Crippen LogP contribution in [-0.2, 0) is 6.61 Å². The van der Waals surface area contributed by atoms with Gasteiger partial charge in [0.1, 0.15) is 35.6 Å². The molecule has 2 aromatic carbocycles. The molecule has 2 heterocycles. The van der Waals surface area contributed by atoms with Crippen LogP contribution < -0.4 is 19.5 Å². The number of carbonyl (C=O) groups excluding carboxylic acids is 1. The number of hydrogen-bond acceptors (Lipinski definition) is 6.